The predicted octanol–water partition coefficient (Wildman–Crippen LogP) is 1.59. The monoisotopic (exact) mass is 269 g/mol. The summed E-state index contributed by atoms with van der Waals surface area (Å²) in [5, 5.41) is 23.1. The number of aromatic nitrogens is 2. The zero-order valence-corrected chi connectivity index (χ0v) is 10.4. The first kappa shape index (κ1) is 13.3. The van der Waals surface area contributed by atoms with E-state index in [0.717, 1.165) is 0 Å². The number of nitrogens with one attached hydrogen (secondary N) is 2. The molecule has 0 fully saturated rings. The highest BCUT2D eigenvalue weighted by molar-refractivity contribution is 5.72. The van der Waals surface area contributed by atoms with Gasteiger partial charge < -0.3 is 15.7 Å². The molecule has 1 aromatic heterocycles. The van der Waals surface area contributed by atoms with E-state index in [2.05, 4.69) is 26.7 Å². The number of nitriles is 1. The van der Waals surface area contributed by atoms with Gasteiger partial charge in [0.1, 0.15) is 24.2 Å². The summed E-state index contributed by atoms with van der Waals surface area (Å²) in [6, 6.07) is 9.10. The summed E-state index contributed by atoms with van der Waals surface area (Å²) in [5.41, 5.74) is 1.14. The lowest BCUT2D eigenvalue weighted by atomic mass is 10.2. The molecular weight excluding hydrogens is 258 g/mol. The number of anilines is 3. The molecule has 0 radical (unpaired) electrons. The zero-order valence-electron chi connectivity index (χ0n) is 10.4. The number of hydrogen-bond donors (Lipinski definition) is 3. The van der Waals surface area contributed by atoms with Crippen molar-refractivity contribution >= 4 is 23.3 Å². The van der Waals surface area contributed by atoms with Crippen molar-refractivity contribution in [2.45, 2.75) is 0 Å². The van der Waals surface area contributed by atoms with Gasteiger partial charge >= 0.3 is 5.97 Å². The highest BCUT2D eigenvalue weighted by Crippen LogP contribution is 2.18. The number of para-hydroxylation sites is 1. The highest BCUT2D eigenvalue weighted by Gasteiger charge is 2.03. The molecule has 0 aliphatic rings. The maximum Gasteiger partial charge on any atom is 0.322 e. The standard InChI is InChI=1S/C13H11N5O2/c14-5-9-3-1-2-4-10(9)18-12-7-15-11(6-16-12)17-8-13(19)20/h1-4,6-7H,8H2,(H,15,17)(H,16,18)(H,19,20). The van der Waals surface area contributed by atoms with Gasteiger partial charge in [-0.2, -0.15) is 5.26 Å². The average molecular weight is 269 g/mol. The van der Waals surface area contributed by atoms with E-state index in [1.165, 1.54) is 12.4 Å². The molecule has 3 N–H and O–H groups in total. The van der Waals surface area contributed by atoms with Crippen molar-refractivity contribution in [2.75, 3.05) is 17.2 Å². The van der Waals surface area contributed by atoms with Gasteiger partial charge in [-0.1, -0.05) is 12.1 Å². The first-order chi connectivity index (χ1) is 9.69. The van der Waals surface area contributed by atoms with E-state index < -0.39 is 5.97 Å². The number of aliphatic carboxylic acids is 1. The van der Waals surface area contributed by atoms with Crippen molar-refractivity contribution in [2.24, 2.45) is 0 Å². The Morgan fingerprint density at radius 2 is 1.95 bits per heavy atom. The summed E-state index contributed by atoms with van der Waals surface area (Å²) in [5.74, 6) is -0.142. The molecule has 0 saturated carbocycles. The van der Waals surface area contributed by atoms with E-state index in [1.54, 1.807) is 24.3 Å². The topological polar surface area (TPSA) is 111 Å². The molecule has 1 aromatic carbocycles. The van der Waals surface area contributed by atoms with Crippen molar-refractivity contribution in [3.8, 4) is 6.07 Å². The van der Waals surface area contributed by atoms with Crippen LogP contribution in [0.1, 0.15) is 5.56 Å². The van der Waals surface area contributed by atoms with Crippen LogP contribution >= 0.6 is 0 Å². The molecule has 2 rings (SSSR count). The van der Waals surface area contributed by atoms with Gasteiger partial charge in [0.15, 0.2) is 0 Å². The molecule has 0 saturated heterocycles. The summed E-state index contributed by atoms with van der Waals surface area (Å²) in [6.07, 6.45) is 2.87. The zero-order chi connectivity index (χ0) is 14.4. The van der Waals surface area contributed by atoms with E-state index in [1.807, 2.05) is 0 Å². The predicted molar refractivity (Wildman–Crippen MR) is 72.6 cm³/mol. The van der Waals surface area contributed by atoms with Crippen LogP contribution in [0.25, 0.3) is 0 Å². The second kappa shape index (κ2) is 6.15. The van der Waals surface area contributed by atoms with E-state index in [-0.39, 0.29) is 6.54 Å². The number of rotatable bonds is 5. The van der Waals surface area contributed by atoms with Crippen molar-refractivity contribution in [3.05, 3.63) is 42.2 Å². The summed E-state index contributed by atoms with van der Waals surface area (Å²) in [6.45, 7) is -0.223. The fourth-order valence-corrected chi connectivity index (χ4v) is 1.48. The Morgan fingerprint density at radius 1 is 1.25 bits per heavy atom. The molecule has 0 spiro atoms. The smallest absolute Gasteiger partial charge is 0.322 e. The van der Waals surface area contributed by atoms with Crippen LogP contribution in [0.2, 0.25) is 0 Å². The lowest BCUT2D eigenvalue weighted by Crippen LogP contribution is -2.13. The maximum atomic E-state index is 10.4. The lowest BCUT2D eigenvalue weighted by molar-refractivity contribution is -0.134. The Bertz CT molecular complexity index is 649. The minimum absolute atomic E-state index is 0.223. The lowest BCUT2D eigenvalue weighted by Gasteiger charge is -2.07. The van der Waals surface area contributed by atoms with Crippen molar-refractivity contribution in [3.63, 3.8) is 0 Å². The normalized spacial score (nSPS) is 9.55. The van der Waals surface area contributed by atoms with Gasteiger partial charge in [-0.05, 0) is 12.1 Å². The van der Waals surface area contributed by atoms with Gasteiger partial charge in [0, 0.05) is 0 Å². The van der Waals surface area contributed by atoms with Crippen LogP contribution in [0.4, 0.5) is 17.3 Å². The van der Waals surface area contributed by atoms with E-state index >= 15 is 0 Å². The van der Waals surface area contributed by atoms with Gasteiger partial charge in [0.25, 0.3) is 0 Å². The van der Waals surface area contributed by atoms with Gasteiger partial charge in [0.2, 0.25) is 0 Å². The van der Waals surface area contributed by atoms with Gasteiger partial charge in [-0.25, -0.2) is 9.97 Å². The van der Waals surface area contributed by atoms with Crippen molar-refractivity contribution < 1.29 is 9.90 Å². The fourth-order valence-electron chi connectivity index (χ4n) is 1.48. The number of benzene rings is 1. The Balaban J connectivity index is 2.07. The summed E-state index contributed by atoms with van der Waals surface area (Å²) < 4.78 is 0. The number of carbonyl (C=O) groups is 1. The first-order valence-corrected chi connectivity index (χ1v) is 5.73. The SMILES string of the molecule is N#Cc1ccccc1Nc1cnc(NCC(=O)O)cn1. The maximum absolute atomic E-state index is 10.4. The molecule has 0 aliphatic carbocycles. The third-order valence-corrected chi connectivity index (χ3v) is 2.38. The molecule has 0 atom stereocenters. The summed E-state index contributed by atoms with van der Waals surface area (Å²) >= 11 is 0. The number of nitrogens with zero attached hydrogens (tertiary/aromatic N) is 3. The van der Waals surface area contributed by atoms with Crippen LogP contribution in [0.3, 0.4) is 0 Å². The molecule has 20 heavy (non-hydrogen) atoms. The molecule has 2 aromatic rings. The molecule has 0 bridgehead atoms. The second-order valence-electron chi connectivity index (χ2n) is 3.82. The fraction of sp³-hybridized carbons (Fsp3) is 0.0769. The van der Waals surface area contributed by atoms with Crippen molar-refractivity contribution in [1.82, 2.24) is 9.97 Å². The molecule has 100 valence electrons. The van der Waals surface area contributed by atoms with Crippen LogP contribution in [0.5, 0.6) is 0 Å². The van der Waals surface area contributed by atoms with E-state index in [9.17, 15) is 4.79 Å². The quantitative estimate of drug-likeness (QED) is 0.755. The average Bonchev–Trinajstić information content (AvgIpc) is 2.47. The minimum Gasteiger partial charge on any atom is -0.480 e. The molecule has 0 unspecified atom stereocenters. The number of carboxylic acid groups (broad SMARTS) is 1. The Hall–Kier alpha value is -3.14. The number of carboxylic acids is 1. The largest absolute Gasteiger partial charge is 0.480 e. The Morgan fingerprint density at radius 3 is 2.60 bits per heavy atom. The van der Waals surface area contributed by atoms with Crippen LogP contribution in [-0.4, -0.2) is 27.6 Å². The molecule has 0 amide bonds. The van der Waals surface area contributed by atoms with E-state index in [0.29, 0.717) is 22.9 Å². The summed E-state index contributed by atoms with van der Waals surface area (Å²) in [7, 11) is 0. The second-order valence-corrected chi connectivity index (χ2v) is 3.82. The highest BCUT2D eigenvalue weighted by atomic mass is 16.4. The third kappa shape index (κ3) is 3.43. The molecule has 7 nitrogen and oxygen atoms in total. The van der Waals surface area contributed by atoms with Crippen LogP contribution in [0, 0.1) is 11.3 Å². The summed E-state index contributed by atoms with van der Waals surface area (Å²) in [4.78, 5) is 18.5. The van der Waals surface area contributed by atoms with E-state index in [4.69, 9.17) is 10.4 Å². The van der Waals surface area contributed by atoms with Crippen LogP contribution in [-0.2, 0) is 4.79 Å². The van der Waals surface area contributed by atoms with Crippen molar-refractivity contribution in [1.29, 1.82) is 5.26 Å². The van der Waals surface area contributed by atoms with Gasteiger partial charge in [0.05, 0.1) is 23.6 Å². The third-order valence-electron chi connectivity index (χ3n) is 2.38. The van der Waals surface area contributed by atoms with Gasteiger partial charge in [-0.3, -0.25) is 4.79 Å². The Kier molecular flexibility index (Phi) is 4.09. The minimum atomic E-state index is -0.975. The molecule has 1 heterocycles. The number of hydrogen-bond acceptors (Lipinski definition) is 6. The molecular formula is C13H11N5O2. The van der Waals surface area contributed by atoms with Gasteiger partial charge in [-0.15, -0.1) is 0 Å². The molecule has 0 aliphatic heterocycles. The first-order valence-electron chi connectivity index (χ1n) is 5.73. The van der Waals surface area contributed by atoms with Crippen LogP contribution < -0.4 is 10.6 Å². The molecule has 7 heteroatoms. The van der Waals surface area contributed by atoms with Crippen LogP contribution in [0.15, 0.2) is 36.7 Å². The Labute approximate surface area is 114 Å².